The van der Waals surface area contributed by atoms with Crippen molar-refractivity contribution in [3.05, 3.63) is 53.5 Å². The molecule has 2 heterocycles. The first kappa shape index (κ1) is 14.5. The molecule has 0 atom stereocenters. The fraction of sp³-hybridized carbons (Fsp3) is 0.294. The number of pyridine rings is 1. The molecule has 2 N–H and O–H groups in total. The van der Waals surface area contributed by atoms with Crippen molar-refractivity contribution in [2.75, 3.05) is 13.7 Å². The highest BCUT2D eigenvalue weighted by Gasteiger charge is 2.12. The van der Waals surface area contributed by atoms with Gasteiger partial charge >= 0.3 is 0 Å². The van der Waals surface area contributed by atoms with Gasteiger partial charge in [-0.3, -0.25) is 0 Å². The van der Waals surface area contributed by atoms with Crippen molar-refractivity contribution >= 4 is 11.2 Å². The van der Waals surface area contributed by atoms with E-state index in [0.717, 1.165) is 41.3 Å². The van der Waals surface area contributed by atoms with Crippen LogP contribution in [0.4, 0.5) is 0 Å². The molecule has 2 aromatic heterocycles. The Morgan fingerprint density at radius 1 is 1.23 bits per heavy atom. The number of fused-ring (bicyclic) bond motifs is 1. The molecular formula is C17H20N4O. The molecule has 0 saturated heterocycles. The minimum absolute atomic E-state index is 0.566. The van der Waals surface area contributed by atoms with Crippen LogP contribution < -0.4 is 10.5 Å². The molecule has 0 aliphatic rings. The minimum atomic E-state index is 0.566. The maximum absolute atomic E-state index is 5.75. The first-order valence-electron chi connectivity index (χ1n) is 7.36. The molecule has 3 aromatic rings. The third-order valence-electron chi connectivity index (χ3n) is 3.67. The maximum Gasteiger partial charge on any atom is 0.160 e. The lowest BCUT2D eigenvalue weighted by Gasteiger charge is -2.07. The van der Waals surface area contributed by atoms with Crippen LogP contribution in [0.25, 0.3) is 11.2 Å². The SMILES string of the molecule is COc1ccc(Cc2nc3cc(C)cnc3n2CCN)cc1. The van der Waals surface area contributed by atoms with Crippen molar-refractivity contribution in [1.82, 2.24) is 14.5 Å². The van der Waals surface area contributed by atoms with Crippen LogP contribution in [0.5, 0.6) is 5.75 Å². The fourth-order valence-electron chi connectivity index (χ4n) is 2.58. The zero-order valence-corrected chi connectivity index (χ0v) is 12.9. The molecule has 0 amide bonds. The van der Waals surface area contributed by atoms with Crippen molar-refractivity contribution in [2.45, 2.75) is 19.9 Å². The van der Waals surface area contributed by atoms with E-state index < -0.39 is 0 Å². The molecule has 0 unspecified atom stereocenters. The fourth-order valence-corrected chi connectivity index (χ4v) is 2.58. The smallest absolute Gasteiger partial charge is 0.160 e. The standard InChI is InChI=1S/C17H20N4O/c1-12-9-15-17(19-11-12)21(8-7-18)16(20-15)10-13-3-5-14(22-2)6-4-13/h3-6,9,11H,7-8,10,18H2,1-2H3. The summed E-state index contributed by atoms with van der Waals surface area (Å²) in [4.78, 5) is 9.26. The van der Waals surface area contributed by atoms with E-state index in [1.54, 1.807) is 7.11 Å². The summed E-state index contributed by atoms with van der Waals surface area (Å²) in [6.07, 6.45) is 2.62. The number of aromatic nitrogens is 3. The number of aryl methyl sites for hydroxylation is 1. The summed E-state index contributed by atoms with van der Waals surface area (Å²) in [5.41, 5.74) is 9.88. The first-order chi connectivity index (χ1) is 10.7. The number of hydrogen-bond donors (Lipinski definition) is 1. The molecule has 3 rings (SSSR count). The summed E-state index contributed by atoms with van der Waals surface area (Å²) in [7, 11) is 1.67. The monoisotopic (exact) mass is 296 g/mol. The summed E-state index contributed by atoms with van der Waals surface area (Å²) in [6.45, 7) is 3.31. The molecular weight excluding hydrogens is 276 g/mol. The Morgan fingerprint density at radius 3 is 2.68 bits per heavy atom. The molecule has 0 spiro atoms. The van der Waals surface area contributed by atoms with Crippen molar-refractivity contribution in [1.29, 1.82) is 0 Å². The second kappa shape index (κ2) is 6.15. The number of nitrogens with zero attached hydrogens (tertiary/aromatic N) is 3. The van der Waals surface area contributed by atoms with Gasteiger partial charge < -0.3 is 15.0 Å². The number of rotatable bonds is 5. The lowest BCUT2D eigenvalue weighted by Crippen LogP contribution is -2.13. The van der Waals surface area contributed by atoms with Crippen molar-refractivity contribution in [3.63, 3.8) is 0 Å². The Hall–Kier alpha value is -2.40. The highest BCUT2D eigenvalue weighted by Crippen LogP contribution is 2.19. The van der Waals surface area contributed by atoms with Gasteiger partial charge in [0.15, 0.2) is 5.65 Å². The highest BCUT2D eigenvalue weighted by atomic mass is 16.5. The second-order valence-corrected chi connectivity index (χ2v) is 5.35. The summed E-state index contributed by atoms with van der Waals surface area (Å²) < 4.78 is 7.31. The van der Waals surface area contributed by atoms with Gasteiger partial charge in [0, 0.05) is 25.7 Å². The van der Waals surface area contributed by atoms with Crippen LogP contribution in [0.3, 0.4) is 0 Å². The van der Waals surface area contributed by atoms with E-state index in [0.29, 0.717) is 6.54 Å². The zero-order chi connectivity index (χ0) is 15.5. The normalized spacial score (nSPS) is 11.0. The van der Waals surface area contributed by atoms with Crippen LogP contribution in [-0.2, 0) is 13.0 Å². The largest absolute Gasteiger partial charge is 0.497 e. The topological polar surface area (TPSA) is 66.0 Å². The van der Waals surface area contributed by atoms with Gasteiger partial charge in [0.1, 0.15) is 17.1 Å². The van der Waals surface area contributed by atoms with Crippen LogP contribution >= 0.6 is 0 Å². The summed E-state index contributed by atoms with van der Waals surface area (Å²) in [5, 5.41) is 0. The summed E-state index contributed by atoms with van der Waals surface area (Å²) in [5.74, 6) is 1.85. The third kappa shape index (κ3) is 2.80. The molecule has 0 aliphatic heterocycles. The van der Waals surface area contributed by atoms with Crippen LogP contribution in [0.1, 0.15) is 17.0 Å². The van der Waals surface area contributed by atoms with E-state index in [1.165, 1.54) is 5.56 Å². The van der Waals surface area contributed by atoms with Gasteiger partial charge in [0.2, 0.25) is 0 Å². The summed E-state index contributed by atoms with van der Waals surface area (Å²) in [6, 6.07) is 10.1. The second-order valence-electron chi connectivity index (χ2n) is 5.35. The summed E-state index contributed by atoms with van der Waals surface area (Å²) >= 11 is 0. The molecule has 0 radical (unpaired) electrons. The van der Waals surface area contributed by atoms with Gasteiger partial charge in [-0.25, -0.2) is 9.97 Å². The van der Waals surface area contributed by atoms with Crippen LogP contribution in [0.15, 0.2) is 36.5 Å². The molecule has 0 fully saturated rings. The maximum atomic E-state index is 5.75. The van der Waals surface area contributed by atoms with Gasteiger partial charge in [0.05, 0.1) is 7.11 Å². The van der Waals surface area contributed by atoms with Crippen LogP contribution in [-0.4, -0.2) is 28.2 Å². The van der Waals surface area contributed by atoms with Gasteiger partial charge in [-0.05, 0) is 36.2 Å². The molecule has 1 aromatic carbocycles. The Balaban J connectivity index is 1.99. The van der Waals surface area contributed by atoms with Crippen molar-refractivity contribution in [2.24, 2.45) is 5.73 Å². The first-order valence-corrected chi connectivity index (χ1v) is 7.36. The average molecular weight is 296 g/mol. The predicted molar refractivity (Wildman–Crippen MR) is 87.1 cm³/mol. The number of methoxy groups -OCH3 is 1. The quantitative estimate of drug-likeness (QED) is 0.784. The number of imidazole rings is 1. The molecule has 0 aliphatic carbocycles. The van der Waals surface area contributed by atoms with Gasteiger partial charge in [-0.15, -0.1) is 0 Å². The lowest BCUT2D eigenvalue weighted by molar-refractivity contribution is 0.414. The third-order valence-corrected chi connectivity index (χ3v) is 3.67. The van der Waals surface area contributed by atoms with E-state index in [1.807, 2.05) is 25.3 Å². The van der Waals surface area contributed by atoms with E-state index in [9.17, 15) is 0 Å². The lowest BCUT2D eigenvalue weighted by atomic mass is 10.1. The Kier molecular flexibility index (Phi) is 4.06. The number of benzene rings is 1. The number of hydrogen-bond acceptors (Lipinski definition) is 4. The van der Waals surface area contributed by atoms with E-state index >= 15 is 0 Å². The Labute approximate surface area is 129 Å². The minimum Gasteiger partial charge on any atom is -0.497 e. The predicted octanol–water partition coefficient (Wildman–Crippen LogP) is 2.30. The van der Waals surface area contributed by atoms with Crippen molar-refractivity contribution in [3.8, 4) is 5.75 Å². The average Bonchev–Trinajstić information content (AvgIpc) is 2.85. The molecule has 114 valence electrons. The van der Waals surface area contributed by atoms with E-state index in [2.05, 4.69) is 27.8 Å². The van der Waals surface area contributed by atoms with Gasteiger partial charge in [-0.2, -0.15) is 0 Å². The van der Waals surface area contributed by atoms with Crippen LogP contribution in [0, 0.1) is 6.92 Å². The molecule has 0 bridgehead atoms. The number of ether oxygens (including phenoxy) is 1. The van der Waals surface area contributed by atoms with Gasteiger partial charge in [0.25, 0.3) is 0 Å². The molecule has 22 heavy (non-hydrogen) atoms. The number of nitrogens with two attached hydrogens (primary N) is 1. The highest BCUT2D eigenvalue weighted by molar-refractivity contribution is 5.72. The van der Waals surface area contributed by atoms with Gasteiger partial charge in [-0.1, -0.05) is 12.1 Å². The Bertz CT molecular complexity index is 777. The van der Waals surface area contributed by atoms with Crippen LogP contribution in [0.2, 0.25) is 0 Å². The zero-order valence-electron chi connectivity index (χ0n) is 12.9. The van der Waals surface area contributed by atoms with E-state index in [4.69, 9.17) is 15.5 Å². The molecule has 5 nitrogen and oxygen atoms in total. The molecule has 5 heteroatoms. The van der Waals surface area contributed by atoms with E-state index in [-0.39, 0.29) is 0 Å². The Morgan fingerprint density at radius 2 is 2.00 bits per heavy atom. The molecule has 0 saturated carbocycles. The van der Waals surface area contributed by atoms with Crippen molar-refractivity contribution < 1.29 is 4.74 Å².